The first-order chi connectivity index (χ1) is 8.78. The van der Waals surface area contributed by atoms with Gasteiger partial charge in [-0.2, -0.15) is 13.2 Å². The minimum atomic E-state index is -4.40. The van der Waals surface area contributed by atoms with E-state index in [1.807, 2.05) is 0 Å². The fourth-order valence-electron chi connectivity index (χ4n) is 1.19. The van der Waals surface area contributed by atoms with Gasteiger partial charge in [0.2, 0.25) is 0 Å². The second-order valence-electron chi connectivity index (χ2n) is 3.70. The lowest BCUT2D eigenvalue weighted by molar-refractivity contribution is -0.384. The zero-order chi connectivity index (χ0) is 14.5. The third-order valence-electron chi connectivity index (χ3n) is 2.16. The first-order valence-electron chi connectivity index (χ1n) is 5.23. The minimum absolute atomic E-state index is 0.118. The van der Waals surface area contributed by atoms with Crippen LogP contribution < -0.4 is 0 Å². The van der Waals surface area contributed by atoms with Crippen LogP contribution in [0.4, 0.5) is 18.9 Å². The SMILES string of the molecule is O=C(CCC(F)(F)F)OCc1ccc([N+](=O)[O-])cc1. The van der Waals surface area contributed by atoms with Crippen LogP contribution in [0, 0.1) is 10.1 Å². The van der Waals surface area contributed by atoms with Gasteiger partial charge in [0.25, 0.3) is 5.69 Å². The number of nitrogens with zero attached hydrogens (tertiary/aromatic N) is 1. The lowest BCUT2D eigenvalue weighted by atomic mass is 10.2. The number of ether oxygens (including phenoxy) is 1. The van der Waals surface area contributed by atoms with Gasteiger partial charge in [-0.05, 0) is 17.7 Å². The molecule has 0 radical (unpaired) electrons. The zero-order valence-corrected chi connectivity index (χ0v) is 9.64. The topological polar surface area (TPSA) is 69.4 Å². The van der Waals surface area contributed by atoms with E-state index in [2.05, 4.69) is 4.74 Å². The molecule has 0 saturated carbocycles. The standard InChI is InChI=1S/C11H10F3NO4/c12-11(13,14)6-5-10(16)19-7-8-1-3-9(4-2-8)15(17)18/h1-4H,5-7H2. The summed E-state index contributed by atoms with van der Waals surface area (Å²) in [7, 11) is 0. The quantitative estimate of drug-likeness (QED) is 0.471. The number of hydrogen-bond donors (Lipinski definition) is 0. The number of halogens is 3. The molecule has 0 saturated heterocycles. The monoisotopic (exact) mass is 277 g/mol. The van der Waals surface area contributed by atoms with Crippen LogP contribution in [-0.2, 0) is 16.1 Å². The molecule has 0 atom stereocenters. The van der Waals surface area contributed by atoms with Crippen molar-refractivity contribution in [3.8, 4) is 0 Å². The molecule has 0 aromatic heterocycles. The summed E-state index contributed by atoms with van der Waals surface area (Å²) in [4.78, 5) is 20.8. The van der Waals surface area contributed by atoms with Gasteiger partial charge in [0.1, 0.15) is 6.61 Å². The van der Waals surface area contributed by atoms with E-state index in [-0.39, 0.29) is 12.3 Å². The largest absolute Gasteiger partial charge is 0.461 e. The Balaban J connectivity index is 2.40. The Hall–Kier alpha value is -2.12. The summed E-state index contributed by atoms with van der Waals surface area (Å²) in [6.45, 7) is -0.214. The Bertz CT molecular complexity index is 456. The van der Waals surface area contributed by atoms with Crippen LogP contribution in [0.2, 0.25) is 0 Å². The maximum absolute atomic E-state index is 11.8. The number of alkyl halides is 3. The van der Waals surface area contributed by atoms with Crippen LogP contribution >= 0.6 is 0 Å². The highest BCUT2D eigenvalue weighted by Gasteiger charge is 2.28. The van der Waals surface area contributed by atoms with Gasteiger partial charge in [-0.1, -0.05) is 0 Å². The molecule has 0 aliphatic rings. The molecule has 1 aromatic rings. The van der Waals surface area contributed by atoms with Crippen molar-refractivity contribution < 1.29 is 27.6 Å². The summed E-state index contributed by atoms with van der Waals surface area (Å²) in [6, 6.07) is 5.18. The highest BCUT2D eigenvalue weighted by atomic mass is 19.4. The zero-order valence-electron chi connectivity index (χ0n) is 9.64. The van der Waals surface area contributed by atoms with Crippen molar-refractivity contribution in [1.82, 2.24) is 0 Å². The van der Waals surface area contributed by atoms with E-state index in [0.29, 0.717) is 5.56 Å². The molecular weight excluding hydrogens is 267 g/mol. The Morgan fingerprint density at radius 3 is 2.32 bits per heavy atom. The third kappa shape index (κ3) is 5.84. The summed E-state index contributed by atoms with van der Waals surface area (Å²) in [6.07, 6.45) is -6.37. The van der Waals surface area contributed by atoms with E-state index in [4.69, 9.17) is 0 Å². The fourth-order valence-corrected chi connectivity index (χ4v) is 1.19. The van der Waals surface area contributed by atoms with E-state index in [1.165, 1.54) is 24.3 Å². The Labute approximate surface area is 106 Å². The smallest absolute Gasteiger partial charge is 0.389 e. The molecule has 0 aliphatic heterocycles. The van der Waals surface area contributed by atoms with Gasteiger partial charge in [0, 0.05) is 12.1 Å². The summed E-state index contributed by atoms with van der Waals surface area (Å²) in [5, 5.41) is 10.4. The van der Waals surface area contributed by atoms with E-state index < -0.39 is 29.9 Å². The van der Waals surface area contributed by atoms with Crippen molar-refractivity contribution in [2.75, 3.05) is 0 Å². The van der Waals surface area contributed by atoms with Crippen LogP contribution in [0.3, 0.4) is 0 Å². The maximum atomic E-state index is 11.8. The third-order valence-corrected chi connectivity index (χ3v) is 2.16. The lowest BCUT2D eigenvalue weighted by Crippen LogP contribution is -2.12. The number of nitro benzene ring substituents is 1. The number of esters is 1. The Morgan fingerprint density at radius 2 is 1.84 bits per heavy atom. The highest BCUT2D eigenvalue weighted by molar-refractivity contribution is 5.69. The van der Waals surface area contributed by atoms with E-state index >= 15 is 0 Å². The molecule has 0 unspecified atom stereocenters. The molecule has 1 aromatic carbocycles. The number of nitro groups is 1. The number of non-ortho nitro benzene ring substituents is 1. The van der Waals surface area contributed by atoms with Crippen molar-refractivity contribution in [2.24, 2.45) is 0 Å². The number of carbonyl (C=O) groups excluding carboxylic acids is 1. The number of carbonyl (C=O) groups is 1. The molecule has 19 heavy (non-hydrogen) atoms. The molecule has 0 aliphatic carbocycles. The van der Waals surface area contributed by atoms with Crippen LogP contribution in [-0.4, -0.2) is 17.1 Å². The molecule has 1 rings (SSSR count). The van der Waals surface area contributed by atoms with Crippen molar-refractivity contribution >= 4 is 11.7 Å². The Morgan fingerprint density at radius 1 is 1.26 bits per heavy atom. The predicted molar refractivity (Wildman–Crippen MR) is 58.2 cm³/mol. The second-order valence-corrected chi connectivity index (χ2v) is 3.70. The van der Waals surface area contributed by atoms with E-state index in [1.54, 1.807) is 0 Å². The van der Waals surface area contributed by atoms with Crippen molar-refractivity contribution in [3.05, 3.63) is 39.9 Å². The average molecular weight is 277 g/mol. The molecular formula is C11H10F3NO4. The molecule has 0 heterocycles. The summed E-state index contributed by atoms with van der Waals surface area (Å²) in [5.41, 5.74) is 0.345. The van der Waals surface area contributed by atoms with Gasteiger partial charge in [0.05, 0.1) is 17.8 Å². The first-order valence-corrected chi connectivity index (χ1v) is 5.23. The van der Waals surface area contributed by atoms with Gasteiger partial charge in [-0.3, -0.25) is 14.9 Å². The van der Waals surface area contributed by atoms with Gasteiger partial charge < -0.3 is 4.74 Å². The van der Waals surface area contributed by atoms with E-state index in [9.17, 15) is 28.1 Å². The average Bonchev–Trinajstić information content (AvgIpc) is 2.33. The molecule has 0 fully saturated rings. The molecule has 0 spiro atoms. The Kier molecular flexibility index (Phi) is 4.85. The summed E-state index contributed by atoms with van der Waals surface area (Å²) in [5.74, 6) is -0.962. The van der Waals surface area contributed by atoms with Gasteiger partial charge in [0.15, 0.2) is 0 Å². The van der Waals surface area contributed by atoms with Crippen LogP contribution in [0.25, 0.3) is 0 Å². The van der Waals surface area contributed by atoms with E-state index in [0.717, 1.165) is 0 Å². The first kappa shape index (κ1) is 14.9. The molecule has 0 amide bonds. The maximum Gasteiger partial charge on any atom is 0.389 e. The van der Waals surface area contributed by atoms with Crippen LogP contribution in [0.1, 0.15) is 18.4 Å². The number of benzene rings is 1. The fraction of sp³-hybridized carbons (Fsp3) is 0.364. The molecule has 104 valence electrons. The van der Waals surface area contributed by atoms with Crippen molar-refractivity contribution in [2.45, 2.75) is 25.6 Å². The van der Waals surface area contributed by atoms with Crippen molar-refractivity contribution in [3.63, 3.8) is 0 Å². The van der Waals surface area contributed by atoms with Crippen LogP contribution in [0.5, 0.6) is 0 Å². The lowest BCUT2D eigenvalue weighted by Gasteiger charge is -2.07. The molecule has 8 heteroatoms. The number of hydrogen-bond acceptors (Lipinski definition) is 4. The van der Waals surface area contributed by atoms with Gasteiger partial charge in [-0.15, -0.1) is 0 Å². The van der Waals surface area contributed by atoms with Gasteiger partial charge in [-0.25, -0.2) is 0 Å². The molecule has 0 bridgehead atoms. The summed E-state index contributed by atoms with van der Waals surface area (Å²) < 4.78 is 40.1. The second kappa shape index (κ2) is 6.17. The normalized spacial score (nSPS) is 11.1. The molecule has 5 nitrogen and oxygen atoms in total. The van der Waals surface area contributed by atoms with Crippen LogP contribution in [0.15, 0.2) is 24.3 Å². The molecule has 0 N–H and O–H groups in total. The van der Waals surface area contributed by atoms with Gasteiger partial charge >= 0.3 is 12.1 Å². The number of rotatable bonds is 5. The highest BCUT2D eigenvalue weighted by Crippen LogP contribution is 2.21. The van der Waals surface area contributed by atoms with Crippen molar-refractivity contribution in [1.29, 1.82) is 0 Å². The predicted octanol–water partition coefficient (Wildman–Crippen LogP) is 2.98. The summed E-state index contributed by atoms with van der Waals surface area (Å²) >= 11 is 0. The minimum Gasteiger partial charge on any atom is -0.461 e.